The molecular formula is C12H13BrFN. The first-order chi connectivity index (χ1) is 7.18. The van der Waals surface area contributed by atoms with Gasteiger partial charge < -0.3 is 5.73 Å². The molecule has 0 amide bonds. The van der Waals surface area contributed by atoms with E-state index in [1.165, 1.54) is 17.7 Å². The molecule has 0 aliphatic heterocycles. The summed E-state index contributed by atoms with van der Waals surface area (Å²) in [6, 6.07) is 4.48. The highest BCUT2D eigenvalue weighted by Gasteiger charge is 2.17. The summed E-state index contributed by atoms with van der Waals surface area (Å²) in [4.78, 5) is 0. The first-order valence-corrected chi connectivity index (χ1v) is 5.87. The maximum absolute atomic E-state index is 13.1. The van der Waals surface area contributed by atoms with Gasteiger partial charge in [-0.2, -0.15) is 0 Å². The number of halogens is 2. The summed E-state index contributed by atoms with van der Waals surface area (Å²) < 4.78 is 14.0. The quantitative estimate of drug-likeness (QED) is 0.815. The van der Waals surface area contributed by atoms with Crippen molar-refractivity contribution in [3.05, 3.63) is 45.7 Å². The average Bonchev–Trinajstić information content (AvgIpc) is 2.74. The molecule has 1 aromatic carbocycles. The van der Waals surface area contributed by atoms with Crippen LogP contribution in [0.15, 0.2) is 34.3 Å². The van der Waals surface area contributed by atoms with Crippen LogP contribution in [0.25, 0.3) is 0 Å². The molecule has 3 heteroatoms. The molecule has 1 atom stereocenters. The van der Waals surface area contributed by atoms with Crippen LogP contribution >= 0.6 is 15.9 Å². The molecule has 2 rings (SSSR count). The molecule has 1 unspecified atom stereocenters. The molecule has 80 valence electrons. The molecule has 0 bridgehead atoms. The van der Waals surface area contributed by atoms with Crippen LogP contribution in [0.5, 0.6) is 0 Å². The number of hydrogen-bond donors (Lipinski definition) is 1. The molecule has 1 aromatic rings. The predicted molar refractivity (Wildman–Crippen MR) is 63.0 cm³/mol. The smallest absolute Gasteiger partial charge is 0.123 e. The van der Waals surface area contributed by atoms with E-state index in [-0.39, 0.29) is 11.9 Å². The molecule has 1 nitrogen and oxygen atoms in total. The Morgan fingerprint density at radius 1 is 1.40 bits per heavy atom. The van der Waals surface area contributed by atoms with E-state index in [0.29, 0.717) is 0 Å². The molecule has 0 saturated heterocycles. The van der Waals surface area contributed by atoms with Crippen LogP contribution in [-0.4, -0.2) is 0 Å². The summed E-state index contributed by atoms with van der Waals surface area (Å²) in [7, 11) is 0. The highest BCUT2D eigenvalue weighted by molar-refractivity contribution is 9.10. The minimum absolute atomic E-state index is 0.169. The van der Waals surface area contributed by atoms with Gasteiger partial charge in [0.25, 0.3) is 0 Å². The highest BCUT2D eigenvalue weighted by atomic mass is 79.9. The third kappa shape index (κ3) is 2.29. The van der Waals surface area contributed by atoms with Gasteiger partial charge in [-0.25, -0.2) is 4.39 Å². The molecule has 1 aliphatic rings. The summed E-state index contributed by atoms with van der Waals surface area (Å²) in [6.07, 6.45) is 5.46. The summed E-state index contributed by atoms with van der Waals surface area (Å²) in [6.45, 7) is 0. The van der Waals surface area contributed by atoms with Gasteiger partial charge >= 0.3 is 0 Å². The van der Waals surface area contributed by atoms with Crippen molar-refractivity contribution in [1.82, 2.24) is 0 Å². The summed E-state index contributed by atoms with van der Waals surface area (Å²) in [5, 5.41) is 0. The predicted octanol–water partition coefficient (Wildman–Crippen LogP) is 3.70. The van der Waals surface area contributed by atoms with Gasteiger partial charge in [0.05, 0.1) is 6.04 Å². The third-order valence-corrected chi connectivity index (χ3v) is 3.49. The minimum Gasteiger partial charge on any atom is -0.321 e. The van der Waals surface area contributed by atoms with Crippen LogP contribution in [0.2, 0.25) is 0 Å². The van der Waals surface area contributed by atoms with Crippen LogP contribution in [0.4, 0.5) is 4.39 Å². The zero-order chi connectivity index (χ0) is 10.8. The summed E-state index contributed by atoms with van der Waals surface area (Å²) in [5.74, 6) is -0.234. The molecule has 15 heavy (non-hydrogen) atoms. The molecule has 1 aliphatic carbocycles. The fourth-order valence-corrected chi connectivity index (χ4v) is 2.42. The second-order valence-corrected chi connectivity index (χ2v) is 4.67. The largest absolute Gasteiger partial charge is 0.321 e. The van der Waals surface area contributed by atoms with E-state index in [1.54, 1.807) is 6.07 Å². The topological polar surface area (TPSA) is 26.0 Å². The van der Waals surface area contributed by atoms with Crippen molar-refractivity contribution in [1.29, 1.82) is 0 Å². The Morgan fingerprint density at radius 3 is 2.87 bits per heavy atom. The number of hydrogen-bond acceptors (Lipinski definition) is 1. The Morgan fingerprint density at radius 2 is 2.20 bits per heavy atom. The maximum atomic E-state index is 13.1. The Bertz CT molecular complexity index is 401. The Labute approximate surface area is 97.3 Å². The zero-order valence-electron chi connectivity index (χ0n) is 8.34. The lowest BCUT2D eigenvalue weighted by Crippen LogP contribution is -2.13. The van der Waals surface area contributed by atoms with Crippen molar-refractivity contribution in [2.45, 2.75) is 25.3 Å². The molecule has 0 spiro atoms. The van der Waals surface area contributed by atoms with E-state index >= 15 is 0 Å². The molecule has 0 heterocycles. The van der Waals surface area contributed by atoms with Crippen molar-refractivity contribution in [2.75, 3.05) is 0 Å². The van der Waals surface area contributed by atoms with Crippen molar-refractivity contribution < 1.29 is 4.39 Å². The van der Waals surface area contributed by atoms with E-state index in [0.717, 1.165) is 29.3 Å². The molecule has 0 saturated carbocycles. The zero-order valence-corrected chi connectivity index (χ0v) is 9.93. The van der Waals surface area contributed by atoms with E-state index in [1.807, 2.05) is 0 Å². The van der Waals surface area contributed by atoms with Gasteiger partial charge in [0, 0.05) is 4.47 Å². The fraction of sp³-hybridized carbons (Fsp3) is 0.333. The maximum Gasteiger partial charge on any atom is 0.123 e. The molecular weight excluding hydrogens is 257 g/mol. The van der Waals surface area contributed by atoms with Gasteiger partial charge in [-0.05, 0) is 43.0 Å². The van der Waals surface area contributed by atoms with Crippen molar-refractivity contribution >= 4 is 15.9 Å². The lowest BCUT2D eigenvalue weighted by molar-refractivity contribution is 0.622. The monoisotopic (exact) mass is 269 g/mol. The lowest BCUT2D eigenvalue weighted by atomic mass is 9.99. The number of nitrogens with two attached hydrogens (primary N) is 1. The van der Waals surface area contributed by atoms with E-state index in [2.05, 4.69) is 22.0 Å². The van der Waals surface area contributed by atoms with Gasteiger partial charge in [0.1, 0.15) is 5.82 Å². The van der Waals surface area contributed by atoms with Crippen LogP contribution in [0.1, 0.15) is 30.9 Å². The van der Waals surface area contributed by atoms with E-state index < -0.39 is 0 Å². The van der Waals surface area contributed by atoms with Crippen molar-refractivity contribution in [2.24, 2.45) is 5.73 Å². The Balaban J connectivity index is 2.31. The van der Waals surface area contributed by atoms with Crippen LogP contribution < -0.4 is 5.73 Å². The minimum atomic E-state index is -0.234. The van der Waals surface area contributed by atoms with Crippen LogP contribution in [0, 0.1) is 5.82 Å². The highest BCUT2D eigenvalue weighted by Crippen LogP contribution is 2.32. The van der Waals surface area contributed by atoms with Crippen molar-refractivity contribution in [3.63, 3.8) is 0 Å². The van der Waals surface area contributed by atoms with Gasteiger partial charge in [-0.3, -0.25) is 0 Å². The van der Waals surface area contributed by atoms with Gasteiger partial charge in [-0.15, -0.1) is 0 Å². The lowest BCUT2D eigenvalue weighted by Gasteiger charge is -2.15. The van der Waals surface area contributed by atoms with Crippen molar-refractivity contribution in [3.8, 4) is 0 Å². The standard InChI is InChI=1S/C12H13BrFN/c13-11-6-5-9(14)7-10(11)12(15)8-3-1-2-4-8/h3,5-7,12H,1-2,4,15H2. The number of rotatable bonds is 2. The van der Waals surface area contributed by atoms with Gasteiger partial charge in [-0.1, -0.05) is 27.6 Å². The second kappa shape index (κ2) is 4.45. The SMILES string of the molecule is NC(C1=CCCC1)c1cc(F)ccc1Br. The van der Waals surface area contributed by atoms with Gasteiger partial charge in [0.2, 0.25) is 0 Å². The first kappa shape index (κ1) is 10.8. The molecule has 0 radical (unpaired) electrons. The summed E-state index contributed by atoms with van der Waals surface area (Å²) >= 11 is 3.40. The third-order valence-electron chi connectivity index (χ3n) is 2.77. The Kier molecular flexibility index (Phi) is 3.22. The van der Waals surface area contributed by atoms with E-state index in [9.17, 15) is 4.39 Å². The fourth-order valence-electron chi connectivity index (χ4n) is 1.93. The number of benzene rings is 1. The Hall–Kier alpha value is -0.670. The van der Waals surface area contributed by atoms with Crippen LogP contribution in [-0.2, 0) is 0 Å². The molecule has 2 N–H and O–H groups in total. The number of allylic oxidation sites excluding steroid dienone is 1. The van der Waals surface area contributed by atoms with Crippen LogP contribution in [0.3, 0.4) is 0 Å². The van der Waals surface area contributed by atoms with Gasteiger partial charge in [0.15, 0.2) is 0 Å². The average molecular weight is 270 g/mol. The molecule has 0 fully saturated rings. The normalized spacial score (nSPS) is 17.7. The molecule has 0 aromatic heterocycles. The second-order valence-electron chi connectivity index (χ2n) is 3.81. The van der Waals surface area contributed by atoms with E-state index in [4.69, 9.17) is 5.73 Å². The first-order valence-electron chi connectivity index (χ1n) is 5.08. The summed E-state index contributed by atoms with van der Waals surface area (Å²) in [5.41, 5.74) is 8.16.